The highest BCUT2D eigenvalue weighted by atomic mass is 15.3. The number of nitrogen functional groups attached to an aromatic ring is 1. The second-order valence-electron chi connectivity index (χ2n) is 10.3. The van der Waals surface area contributed by atoms with Crippen molar-refractivity contribution in [1.82, 2.24) is 29.3 Å². The highest BCUT2D eigenvalue weighted by Gasteiger charge is 2.20. The third kappa shape index (κ3) is 5.75. The quantitative estimate of drug-likeness (QED) is 0.195. The van der Waals surface area contributed by atoms with Crippen molar-refractivity contribution in [3.05, 3.63) is 114 Å². The first-order valence-corrected chi connectivity index (χ1v) is 14.1. The first-order valence-electron chi connectivity index (χ1n) is 14.1. The standard InChI is InChI=1S/C33H32N10/c34-20-25(36)19-27(21-35)42-17-15-41(16-18-42)22-23-8-10-26(11-9-23)43-32(28-7-4-14-38-31(28)37)40-30-13-12-29(39-33(30)43)24-5-2-1-3-6-24/h1-14,19,21H,15-18,22,35-36H2,(H2,37,38)/b25-19-,27-21+. The lowest BCUT2D eigenvalue weighted by atomic mass is 10.1. The molecule has 6 N–H and O–H groups in total. The van der Waals surface area contributed by atoms with Crippen LogP contribution < -0.4 is 17.2 Å². The summed E-state index contributed by atoms with van der Waals surface area (Å²) in [6.07, 6.45) is 4.81. The third-order valence-corrected chi connectivity index (χ3v) is 7.59. The number of nitrogens with two attached hydrogens (primary N) is 3. The summed E-state index contributed by atoms with van der Waals surface area (Å²) in [7, 11) is 0. The van der Waals surface area contributed by atoms with Crippen molar-refractivity contribution in [3.8, 4) is 34.4 Å². The highest BCUT2D eigenvalue weighted by molar-refractivity contribution is 5.84. The number of allylic oxidation sites excluding steroid dienone is 2. The second kappa shape index (κ2) is 12.1. The molecule has 3 aromatic heterocycles. The van der Waals surface area contributed by atoms with Crippen LogP contribution in [-0.2, 0) is 6.54 Å². The zero-order valence-corrected chi connectivity index (χ0v) is 23.6. The zero-order chi connectivity index (χ0) is 29.8. The molecule has 43 heavy (non-hydrogen) atoms. The number of rotatable bonds is 7. The van der Waals surface area contributed by atoms with Crippen LogP contribution >= 0.6 is 0 Å². The van der Waals surface area contributed by atoms with E-state index in [0.29, 0.717) is 11.6 Å². The molecule has 1 aliphatic rings. The Hall–Kier alpha value is -5.66. The maximum Gasteiger partial charge on any atom is 0.165 e. The Bertz CT molecular complexity index is 1840. The Labute approximate surface area is 250 Å². The number of aromatic nitrogens is 4. The number of anilines is 1. The van der Waals surface area contributed by atoms with E-state index in [9.17, 15) is 0 Å². The molecule has 4 heterocycles. The maximum atomic E-state index is 9.01. The molecule has 6 rings (SSSR count). The normalized spacial score (nSPS) is 14.6. The lowest BCUT2D eigenvalue weighted by Gasteiger charge is -2.36. The van der Waals surface area contributed by atoms with Gasteiger partial charge in [-0.15, -0.1) is 0 Å². The van der Waals surface area contributed by atoms with Crippen LogP contribution in [0.25, 0.3) is 39.5 Å². The fraction of sp³-hybridized carbons (Fsp3) is 0.152. The van der Waals surface area contributed by atoms with E-state index in [0.717, 1.165) is 72.1 Å². The molecule has 0 saturated carbocycles. The van der Waals surface area contributed by atoms with Crippen LogP contribution in [0.15, 0.2) is 109 Å². The van der Waals surface area contributed by atoms with Gasteiger partial charge >= 0.3 is 0 Å². The van der Waals surface area contributed by atoms with Gasteiger partial charge in [0.1, 0.15) is 23.1 Å². The van der Waals surface area contributed by atoms with Crippen LogP contribution in [0.1, 0.15) is 5.56 Å². The molecule has 0 bridgehead atoms. The van der Waals surface area contributed by atoms with Crippen molar-refractivity contribution in [3.63, 3.8) is 0 Å². The van der Waals surface area contributed by atoms with E-state index in [2.05, 4.69) is 55.7 Å². The minimum absolute atomic E-state index is 0.144. The van der Waals surface area contributed by atoms with Gasteiger partial charge in [0.05, 0.1) is 17.0 Å². The molecule has 0 radical (unpaired) electrons. The molecule has 214 valence electrons. The number of nitriles is 1. The predicted molar refractivity (Wildman–Crippen MR) is 169 cm³/mol. The Morgan fingerprint density at radius 3 is 2.37 bits per heavy atom. The second-order valence-corrected chi connectivity index (χ2v) is 10.3. The number of piperazine rings is 1. The molecule has 0 atom stereocenters. The van der Waals surface area contributed by atoms with Crippen molar-refractivity contribution in [1.29, 1.82) is 5.26 Å². The van der Waals surface area contributed by atoms with Crippen molar-refractivity contribution >= 4 is 17.0 Å². The monoisotopic (exact) mass is 568 g/mol. The Kier molecular flexibility index (Phi) is 7.72. The number of benzene rings is 2. The minimum Gasteiger partial charge on any atom is -0.403 e. The molecule has 1 aliphatic heterocycles. The fourth-order valence-electron chi connectivity index (χ4n) is 5.37. The van der Waals surface area contributed by atoms with E-state index in [1.165, 1.54) is 11.8 Å². The number of hydrogen-bond donors (Lipinski definition) is 3. The van der Waals surface area contributed by atoms with Gasteiger partial charge in [-0.05, 0) is 48.0 Å². The Morgan fingerprint density at radius 1 is 0.907 bits per heavy atom. The summed E-state index contributed by atoms with van der Waals surface area (Å²) >= 11 is 0. The smallest absolute Gasteiger partial charge is 0.165 e. The van der Waals surface area contributed by atoms with Gasteiger partial charge in [-0.3, -0.25) is 9.47 Å². The van der Waals surface area contributed by atoms with Gasteiger partial charge in [0.15, 0.2) is 11.5 Å². The molecule has 1 fully saturated rings. The summed E-state index contributed by atoms with van der Waals surface area (Å²) in [5.74, 6) is 1.11. The Balaban J connectivity index is 1.28. The number of pyridine rings is 2. The van der Waals surface area contributed by atoms with E-state index in [4.69, 9.17) is 32.4 Å². The first-order chi connectivity index (χ1) is 21.0. The van der Waals surface area contributed by atoms with Crippen molar-refractivity contribution in [2.75, 3.05) is 31.9 Å². The summed E-state index contributed by atoms with van der Waals surface area (Å²) in [6, 6.07) is 28.3. The van der Waals surface area contributed by atoms with E-state index < -0.39 is 0 Å². The van der Waals surface area contributed by atoms with Crippen LogP contribution in [0, 0.1) is 11.3 Å². The fourth-order valence-corrected chi connectivity index (χ4v) is 5.37. The molecule has 5 aromatic rings. The van der Waals surface area contributed by atoms with E-state index >= 15 is 0 Å². The van der Waals surface area contributed by atoms with Gasteiger partial charge in [-0.1, -0.05) is 42.5 Å². The minimum atomic E-state index is 0.144. The van der Waals surface area contributed by atoms with Crippen LogP contribution in [0.2, 0.25) is 0 Å². The SMILES string of the molecule is N#C/C(N)=C/C(=C\N)N1CCN(Cc2ccc(-n3c(-c4cccnc4N)nc4ccc(-c5ccccc5)nc43)cc2)CC1. The predicted octanol–water partition coefficient (Wildman–Crippen LogP) is 4.02. The van der Waals surface area contributed by atoms with Crippen molar-refractivity contribution in [2.45, 2.75) is 6.54 Å². The number of nitrogens with zero attached hydrogens (tertiary/aromatic N) is 7. The molecule has 0 spiro atoms. The number of fused-ring (bicyclic) bond motifs is 1. The van der Waals surface area contributed by atoms with Gasteiger partial charge < -0.3 is 22.1 Å². The first kappa shape index (κ1) is 27.5. The molecule has 10 nitrogen and oxygen atoms in total. The van der Waals surface area contributed by atoms with Crippen LogP contribution in [0.4, 0.5) is 5.82 Å². The van der Waals surface area contributed by atoms with E-state index in [1.807, 2.05) is 48.5 Å². The molecule has 10 heteroatoms. The average molecular weight is 569 g/mol. The summed E-state index contributed by atoms with van der Waals surface area (Å²) in [5, 5.41) is 9.01. The molecule has 0 amide bonds. The highest BCUT2D eigenvalue weighted by Crippen LogP contribution is 2.32. The summed E-state index contributed by atoms with van der Waals surface area (Å²) in [4.78, 5) is 18.9. The van der Waals surface area contributed by atoms with Crippen molar-refractivity contribution < 1.29 is 0 Å². The largest absolute Gasteiger partial charge is 0.403 e. The van der Waals surface area contributed by atoms with Crippen LogP contribution in [0.5, 0.6) is 0 Å². The Morgan fingerprint density at radius 2 is 1.67 bits per heavy atom. The van der Waals surface area contributed by atoms with Crippen LogP contribution in [0.3, 0.4) is 0 Å². The van der Waals surface area contributed by atoms with Gasteiger partial charge in [-0.25, -0.2) is 15.0 Å². The molecular weight excluding hydrogens is 536 g/mol. The molecule has 1 saturated heterocycles. The van der Waals surface area contributed by atoms with Gasteiger partial charge in [0.25, 0.3) is 0 Å². The van der Waals surface area contributed by atoms with E-state index in [1.54, 1.807) is 12.3 Å². The van der Waals surface area contributed by atoms with Crippen molar-refractivity contribution in [2.24, 2.45) is 11.5 Å². The topological polar surface area (TPSA) is 152 Å². The molecular formula is C33H32N10. The van der Waals surface area contributed by atoms with Gasteiger partial charge in [0.2, 0.25) is 0 Å². The summed E-state index contributed by atoms with van der Waals surface area (Å²) in [5.41, 5.74) is 25.0. The average Bonchev–Trinajstić information content (AvgIpc) is 3.43. The van der Waals surface area contributed by atoms with Gasteiger partial charge in [-0.2, -0.15) is 5.26 Å². The zero-order valence-electron chi connectivity index (χ0n) is 23.6. The van der Waals surface area contributed by atoms with Crippen LogP contribution in [-0.4, -0.2) is 55.5 Å². The third-order valence-electron chi connectivity index (χ3n) is 7.59. The van der Waals surface area contributed by atoms with E-state index in [-0.39, 0.29) is 5.70 Å². The van der Waals surface area contributed by atoms with Gasteiger partial charge in [0, 0.05) is 56.4 Å². The lowest BCUT2D eigenvalue weighted by Crippen LogP contribution is -2.45. The number of imidazole rings is 1. The molecule has 2 aromatic carbocycles. The molecule has 0 aliphatic carbocycles. The molecule has 0 unspecified atom stereocenters. The number of hydrogen-bond acceptors (Lipinski definition) is 9. The summed E-state index contributed by atoms with van der Waals surface area (Å²) in [6.45, 7) is 4.13. The lowest BCUT2D eigenvalue weighted by molar-refractivity contribution is 0.155. The maximum absolute atomic E-state index is 9.01. The summed E-state index contributed by atoms with van der Waals surface area (Å²) < 4.78 is 2.05.